The molecule has 21 heavy (non-hydrogen) atoms. The van der Waals surface area contributed by atoms with Crippen molar-refractivity contribution in [3.05, 3.63) is 72.3 Å². The van der Waals surface area contributed by atoms with E-state index in [1.54, 1.807) is 0 Å². The highest BCUT2D eigenvalue weighted by Crippen LogP contribution is 2.28. The smallest absolute Gasteiger partial charge is 0.113 e. The zero-order chi connectivity index (χ0) is 14.2. The highest BCUT2D eigenvalue weighted by atomic mass is 15.4. The lowest BCUT2D eigenvalue weighted by atomic mass is 10.00. The molecular formula is C18H15N3. The van der Waals surface area contributed by atoms with E-state index in [4.69, 9.17) is 0 Å². The van der Waals surface area contributed by atoms with Crippen LogP contribution in [-0.4, -0.2) is 15.0 Å². The summed E-state index contributed by atoms with van der Waals surface area (Å²) in [5.74, 6) is 0. The number of hydrogen-bond donors (Lipinski definition) is 0. The van der Waals surface area contributed by atoms with Crippen molar-refractivity contribution in [1.82, 2.24) is 15.0 Å². The first-order valence-corrected chi connectivity index (χ1v) is 7.12. The van der Waals surface area contributed by atoms with Crippen LogP contribution in [0.2, 0.25) is 0 Å². The van der Waals surface area contributed by atoms with E-state index < -0.39 is 0 Å². The maximum Gasteiger partial charge on any atom is 0.113 e. The topological polar surface area (TPSA) is 30.7 Å². The first-order valence-electron chi connectivity index (χ1n) is 7.12. The lowest BCUT2D eigenvalue weighted by Gasteiger charge is -2.15. The summed E-state index contributed by atoms with van der Waals surface area (Å²) >= 11 is 0. The predicted molar refractivity (Wildman–Crippen MR) is 85.3 cm³/mol. The van der Waals surface area contributed by atoms with E-state index in [1.807, 2.05) is 22.9 Å². The normalized spacial score (nSPS) is 12.8. The molecule has 0 amide bonds. The lowest BCUT2D eigenvalue weighted by Crippen LogP contribution is -2.09. The average Bonchev–Trinajstić information content (AvgIpc) is 2.98. The van der Waals surface area contributed by atoms with Gasteiger partial charge in [-0.25, -0.2) is 4.68 Å². The summed E-state index contributed by atoms with van der Waals surface area (Å²) in [6, 6.07) is 23.1. The van der Waals surface area contributed by atoms with Crippen molar-refractivity contribution in [3.8, 4) is 0 Å². The molecule has 3 heteroatoms. The van der Waals surface area contributed by atoms with E-state index >= 15 is 0 Å². The minimum atomic E-state index is 0.142. The molecule has 4 aromatic rings. The summed E-state index contributed by atoms with van der Waals surface area (Å²) in [4.78, 5) is 0. The molecule has 0 saturated carbocycles. The number of rotatable bonds is 2. The number of benzene rings is 3. The Morgan fingerprint density at radius 2 is 1.62 bits per heavy atom. The minimum Gasteiger partial charge on any atom is -0.237 e. The van der Waals surface area contributed by atoms with Crippen molar-refractivity contribution in [2.75, 3.05) is 0 Å². The van der Waals surface area contributed by atoms with Crippen LogP contribution in [-0.2, 0) is 0 Å². The van der Waals surface area contributed by atoms with E-state index in [-0.39, 0.29) is 6.04 Å². The van der Waals surface area contributed by atoms with Crippen molar-refractivity contribution in [3.63, 3.8) is 0 Å². The number of hydrogen-bond acceptors (Lipinski definition) is 2. The van der Waals surface area contributed by atoms with E-state index in [1.165, 1.54) is 16.3 Å². The Morgan fingerprint density at radius 1 is 0.857 bits per heavy atom. The lowest BCUT2D eigenvalue weighted by molar-refractivity contribution is 0.563. The zero-order valence-corrected chi connectivity index (χ0v) is 11.8. The molecular weight excluding hydrogens is 258 g/mol. The molecule has 0 radical (unpaired) electrons. The van der Waals surface area contributed by atoms with Gasteiger partial charge < -0.3 is 0 Å². The Hall–Kier alpha value is -2.68. The average molecular weight is 273 g/mol. The zero-order valence-electron chi connectivity index (χ0n) is 11.8. The van der Waals surface area contributed by atoms with Gasteiger partial charge in [-0.05, 0) is 35.4 Å². The fourth-order valence-corrected chi connectivity index (χ4v) is 2.92. The van der Waals surface area contributed by atoms with Gasteiger partial charge in [0.25, 0.3) is 0 Å². The molecule has 0 fully saturated rings. The predicted octanol–water partition coefficient (Wildman–Crippen LogP) is 4.19. The molecule has 1 heterocycles. The monoisotopic (exact) mass is 273 g/mol. The Balaban J connectivity index is 1.92. The molecule has 3 nitrogen and oxygen atoms in total. The van der Waals surface area contributed by atoms with Gasteiger partial charge in [-0.1, -0.05) is 59.8 Å². The van der Waals surface area contributed by atoms with Crippen molar-refractivity contribution in [2.45, 2.75) is 13.0 Å². The second-order valence-corrected chi connectivity index (χ2v) is 5.27. The van der Waals surface area contributed by atoms with Crippen LogP contribution in [0.4, 0.5) is 0 Å². The summed E-state index contributed by atoms with van der Waals surface area (Å²) in [5.41, 5.74) is 3.27. The summed E-state index contributed by atoms with van der Waals surface area (Å²) in [6.07, 6.45) is 0. The van der Waals surface area contributed by atoms with E-state index in [9.17, 15) is 0 Å². The fraction of sp³-hybridized carbons (Fsp3) is 0.111. The molecule has 0 bridgehead atoms. The molecule has 0 aliphatic carbocycles. The fourth-order valence-electron chi connectivity index (χ4n) is 2.92. The molecule has 1 aromatic heterocycles. The molecule has 1 atom stereocenters. The quantitative estimate of drug-likeness (QED) is 0.548. The maximum atomic E-state index is 4.35. The number of para-hydroxylation sites is 1. The molecule has 0 saturated heterocycles. The minimum absolute atomic E-state index is 0.142. The van der Waals surface area contributed by atoms with Crippen LogP contribution in [0, 0.1) is 0 Å². The maximum absolute atomic E-state index is 4.35. The van der Waals surface area contributed by atoms with Gasteiger partial charge in [0.05, 0.1) is 11.6 Å². The van der Waals surface area contributed by atoms with E-state index in [2.05, 4.69) is 65.8 Å². The molecule has 102 valence electrons. The van der Waals surface area contributed by atoms with Gasteiger partial charge in [-0.3, -0.25) is 0 Å². The van der Waals surface area contributed by atoms with Crippen LogP contribution >= 0.6 is 0 Å². The first-order chi connectivity index (χ1) is 10.3. The molecule has 0 aliphatic heterocycles. The SMILES string of the molecule is CC(c1cccc2ccccc12)n1nnc2ccccc21. The van der Waals surface area contributed by atoms with Gasteiger partial charge in [0.1, 0.15) is 5.52 Å². The number of aromatic nitrogens is 3. The van der Waals surface area contributed by atoms with Crippen LogP contribution in [0.25, 0.3) is 21.8 Å². The Bertz CT molecular complexity index is 918. The number of fused-ring (bicyclic) bond motifs is 2. The first kappa shape index (κ1) is 12.1. The second kappa shape index (κ2) is 4.70. The van der Waals surface area contributed by atoms with Gasteiger partial charge in [-0.2, -0.15) is 0 Å². The van der Waals surface area contributed by atoms with Gasteiger partial charge in [0.15, 0.2) is 0 Å². The Kier molecular flexibility index (Phi) is 2.71. The third kappa shape index (κ3) is 1.89. The summed E-state index contributed by atoms with van der Waals surface area (Å²) in [5, 5.41) is 11.1. The van der Waals surface area contributed by atoms with Crippen molar-refractivity contribution < 1.29 is 0 Å². The van der Waals surface area contributed by atoms with Gasteiger partial charge >= 0.3 is 0 Å². The third-order valence-electron chi connectivity index (χ3n) is 4.02. The van der Waals surface area contributed by atoms with Crippen molar-refractivity contribution >= 4 is 21.8 Å². The summed E-state index contributed by atoms with van der Waals surface area (Å²) in [7, 11) is 0. The van der Waals surface area contributed by atoms with E-state index in [0.717, 1.165) is 11.0 Å². The standard InChI is InChI=1S/C18H15N3/c1-13(21-18-12-5-4-11-17(18)19-20-21)15-10-6-8-14-7-2-3-9-16(14)15/h2-13H,1H3. The number of nitrogens with zero attached hydrogens (tertiary/aromatic N) is 3. The van der Waals surface area contributed by atoms with Crippen LogP contribution in [0.1, 0.15) is 18.5 Å². The van der Waals surface area contributed by atoms with Crippen molar-refractivity contribution in [1.29, 1.82) is 0 Å². The molecule has 0 spiro atoms. The van der Waals surface area contributed by atoms with Crippen LogP contribution < -0.4 is 0 Å². The second-order valence-electron chi connectivity index (χ2n) is 5.27. The molecule has 1 unspecified atom stereocenters. The molecule has 4 rings (SSSR count). The van der Waals surface area contributed by atoms with Crippen molar-refractivity contribution in [2.24, 2.45) is 0 Å². The van der Waals surface area contributed by atoms with Crippen LogP contribution in [0.3, 0.4) is 0 Å². The third-order valence-corrected chi connectivity index (χ3v) is 4.02. The van der Waals surface area contributed by atoms with Gasteiger partial charge in [-0.15, -0.1) is 5.10 Å². The van der Waals surface area contributed by atoms with Crippen LogP contribution in [0.15, 0.2) is 66.7 Å². The Labute approximate surface area is 122 Å². The highest BCUT2D eigenvalue weighted by molar-refractivity contribution is 5.86. The largest absolute Gasteiger partial charge is 0.237 e. The highest BCUT2D eigenvalue weighted by Gasteiger charge is 2.14. The molecule has 0 aliphatic rings. The Morgan fingerprint density at radius 3 is 2.57 bits per heavy atom. The van der Waals surface area contributed by atoms with E-state index in [0.29, 0.717) is 0 Å². The van der Waals surface area contributed by atoms with Gasteiger partial charge in [0.2, 0.25) is 0 Å². The summed E-state index contributed by atoms with van der Waals surface area (Å²) < 4.78 is 2.00. The van der Waals surface area contributed by atoms with Crippen LogP contribution in [0.5, 0.6) is 0 Å². The molecule has 0 N–H and O–H groups in total. The van der Waals surface area contributed by atoms with Gasteiger partial charge in [0, 0.05) is 0 Å². The molecule has 3 aromatic carbocycles. The summed E-state index contributed by atoms with van der Waals surface area (Å²) in [6.45, 7) is 2.17.